The predicted molar refractivity (Wildman–Crippen MR) is 23.8 cm³/mol. The molecule has 6 nitrogen and oxygen atoms in total. The number of rotatable bonds is 0. The van der Waals surface area contributed by atoms with Gasteiger partial charge in [0.05, 0.1) is 0 Å². The monoisotopic (exact) mass is 214 g/mol. The minimum atomic E-state index is -5.17. The van der Waals surface area contributed by atoms with Crippen LogP contribution in [0.2, 0.25) is 0 Å². The molecule has 0 heterocycles. The molecule has 0 saturated heterocycles. The third kappa shape index (κ3) is 13200. The smallest absolute Gasteiger partial charge is 0.759 e. The molecule has 10 heavy (non-hydrogen) atoms. The molecule has 0 aliphatic rings. The summed E-state index contributed by atoms with van der Waals surface area (Å²) in [5.74, 6) is -0.833. The Kier molecular flexibility index (Phi) is 11.4. The van der Waals surface area contributed by atoms with Gasteiger partial charge in [0.1, 0.15) is 0 Å². The van der Waals surface area contributed by atoms with E-state index >= 15 is 0 Å². The van der Waals surface area contributed by atoms with Gasteiger partial charge in [0.15, 0.2) is 0 Å². The second-order valence-electron chi connectivity index (χ2n) is 0.927. The number of carboxylic acid groups (broad SMARTS) is 1. The Morgan fingerprint density at radius 3 is 1.40 bits per heavy atom. The Balaban J connectivity index is -0.0000000910. The van der Waals surface area contributed by atoms with Crippen molar-refractivity contribution in [1.82, 2.24) is 0 Å². The van der Waals surface area contributed by atoms with Crippen molar-refractivity contribution in [2.24, 2.45) is 0 Å². The predicted octanol–water partition coefficient (Wildman–Crippen LogP) is -1.25. The largest absolute Gasteiger partial charge is 2.00 e. The molecule has 0 unspecified atom stereocenters. The van der Waals surface area contributed by atoms with Crippen LogP contribution in [0.3, 0.4) is 0 Å². The summed E-state index contributed by atoms with van der Waals surface area (Å²) >= 11 is 0. The van der Waals surface area contributed by atoms with Crippen LogP contribution in [0.25, 0.3) is 0 Å². The zero-order chi connectivity index (χ0) is 8.08. The number of carboxylic acids is 1. The summed E-state index contributed by atoms with van der Waals surface area (Å²) in [4.78, 5) is 9.00. The van der Waals surface area contributed by atoms with Crippen LogP contribution in [0.4, 0.5) is 0 Å². The summed E-state index contributed by atoms with van der Waals surface area (Å²) < 4.78 is 34.1. The molecule has 0 aromatic heterocycles. The van der Waals surface area contributed by atoms with Crippen LogP contribution in [0.15, 0.2) is 0 Å². The SMILES string of the molecule is CC(=O)O.O=S(=O)([O-])[O-].[Ni+2]. The fraction of sp³-hybridized carbons (Fsp3) is 0.500. The first-order valence-corrected chi connectivity index (χ1v) is 2.93. The molecular formula is C2H4NiO6S. The van der Waals surface area contributed by atoms with E-state index in [9.17, 15) is 0 Å². The quantitative estimate of drug-likeness (QED) is 0.306. The van der Waals surface area contributed by atoms with Gasteiger partial charge in [0.2, 0.25) is 0 Å². The van der Waals surface area contributed by atoms with Crippen LogP contribution in [-0.4, -0.2) is 28.6 Å². The van der Waals surface area contributed by atoms with Crippen LogP contribution in [0.1, 0.15) is 6.92 Å². The Bertz CT molecular complexity index is 158. The molecule has 0 amide bonds. The van der Waals surface area contributed by atoms with E-state index in [0.29, 0.717) is 0 Å². The van der Waals surface area contributed by atoms with E-state index in [1.54, 1.807) is 0 Å². The van der Waals surface area contributed by atoms with Crippen molar-refractivity contribution in [3.8, 4) is 0 Å². The van der Waals surface area contributed by atoms with Gasteiger partial charge in [-0.25, -0.2) is 0 Å². The molecule has 64 valence electrons. The fourth-order valence-electron chi connectivity index (χ4n) is 0. The average Bonchev–Trinajstić information content (AvgIpc) is 1.19. The topological polar surface area (TPSA) is 118 Å². The van der Waals surface area contributed by atoms with Gasteiger partial charge in [-0.2, -0.15) is 0 Å². The number of carbonyl (C=O) groups is 1. The van der Waals surface area contributed by atoms with E-state index in [2.05, 4.69) is 0 Å². The van der Waals surface area contributed by atoms with Crippen molar-refractivity contribution >= 4 is 16.4 Å². The number of hydrogen-bond acceptors (Lipinski definition) is 5. The standard InChI is InChI=1S/C2H4O2.Ni.H2O4S/c1-2(3)4;;1-5(2,3)4/h1H3,(H,3,4);;(H2,1,2,3,4)/q;+2;/p-2. The average molecular weight is 215 g/mol. The molecule has 0 aliphatic heterocycles. The number of hydrogen-bond donors (Lipinski definition) is 1. The van der Waals surface area contributed by atoms with Gasteiger partial charge in [-0.05, 0) is 0 Å². The summed E-state index contributed by atoms with van der Waals surface area (Å²) in [6.45, 7) is 1.08. The van der Waals surface area contributed by atoms with Crippen LogP contribution in [-0.2, 0) is 31.7 Å². The molecule has 0 aliphatic carbocycles. The van der Waals surface area contributed by atoms with Crippen LogP contribution in [0, 0.1) is 0 Å². The Labute approximate surface area is 67.7 Å². The van der Waals surface area contributed by atoms with E-state index in [-0.39, 0.29) is 16.5 Å². The molecule has 0 aromatic carbocycles. The van der Waals surface area contributed by atoms with Gasteiger partial charge in [-0.3, -0.25) is 13.2 Å². The van der Waals surface area contributed by atoms with Gasteiger partial charge in [-0.15, -0.1) is 0 Å². The summed E-state index contributed by atoms with van der Waals surface area (Å²) in [6, 6.07) is 0. The molecule has 0 bridgehead atoms. The molecule has 0 radical (unpaired) electrons. The van der Waals surface area contributed by atoms with Crippen molar-refractivity contribution in [3.63, 3.8) is 0 Å². The second-order valence-corrected chi connectivity index (χ2v) is 1.74. The minimum Gasteiger partial charge on any atom is -0.759 e. The first-order chi connectivity index (χ1) is 3.73. The molecule has 0 saturated carbocycles. The maximum atomic E-state index is 9.00. The van der Waals surface area contributed by atoms with Gasteiger partial charge in [-0.1, -0.05) is 0 Å². The second kappa shape index (κ2) is 6.95. The molecular weight excluding hydrogens is 211 g/mol. The summed E-state index contributed by atoms with van der Waals surface area (Å²) in [5, 5.41) is 7.42. The summed E-state index contributed by atoms with van der Waals surface area (Å²) in [6.07, 6.45) is 0. The summed E-state index contributed by atoms with van der Waals surface area (Å²) in [5.41, 5.74) is 0. The van der Waals surface area contributed by atoms with Crippen molar-refractivity contribution < 1.29 is 43.9 Å². The van der Waals surface area contributed by atoms with Gasteiger partial charge in [0, 0.05) is 17.3 Å². The Hall–Kier alpha value is -0.166. The van der Waals surface area contributed by atoms with E-state index in [1.807, 2.05) is 0 Å². The molecule has 8 heteroatoms. The van der Waals surface area contributed by atoms with Crippen LogP contribution >= 0.6 is 0 Å². The molecule has 0 atom stereocenters. The normalized spacial score (nSPS) is 8.30. The van der Waals surface area contributed by atoms with Crippen molar-refractivity contribution in [2.75, 3.05) is 0 Å². The summed E-state index contributed by atoms with van der Waals surface area (Å²) in [7, 11) is -5.17. The Morgan fingerprint density at radius 2 is 1.40 bits per heavy atom. The zero-order valence-corrected chi connectivity index (χ0v) is 6.52. The third-order valence-electron chi connectivity index (χ3n) is 0. The van der Waals surface area contributed by atoms with E-state index in [1.165, 1.54) is 0 Å². The number of aliphatic carboxylic acids is 1. The maximum Gasteiger partial charge on any atom is 2.00 e. The molecule has 0 aromatic rings. The third-order valence-corrected chi connectivity index (χ3v) is 0. The minimum absolute atomic E-state index is 0. The maximum absolute atomic E-state index is 9.00. The van der Waals surface area contributed by atoms with Gasteiger partial charge < -0.3 is 14.2 Å². The van der Waals surface area contributed by atoms with Crippen LogP contribution in [0.5, 0.6) is 0 Å². The first kappa shape index (κ1) is 16.4. The first-order valence-electron chi connectivity index (χ1n) is 1.59. The molecule has 1 N–H and O–H groups in total. The van der Waals surface area contributed by atoms with E-state index in [0.717, 1.165) is 6.92 Å². The zero-order valence-electron chi connectivity index (χ0n) is 4.71. The van der Waals surface area contributed by atoms with E-state index < -0.39 is 16.4 Å². The van der Waals surface area contributed by atoms with Crippen molar-refractivity contribution in [1.29, 1.82) is 0 Å². The van der Waals surface area contributed by atoms with Crippen molar-refractivity contribution in [3.05, 3.63) is 0 Å². The van der Waals surface area contributed by atoms with Crippen LogP contribution < -0.4 is 0 Å². The van der Waals surface area contributed by atoms with E-state index in [4.69, 9.17) is 27.4 Å². The van der Waals surface area contributed by atoms with Gasteiger partial charge in [0.25, 0.3) is 5.97 Å². The fourth-order valence-corrected chi connectivity index (χ4v) is 0. The Morgan fingerprint density at radius 1 is 1.40 bits per heavy atom. The molecule has 0 fully saturated rings. The van der Waals surface area contributed by atoms with Gasteiger partial charge >= 0.3 is 16.5 Å². The molecule has 0 rings (SSSR count). The van der Waals surface area contributed by atoms with Crippen molar-refractivity contribution in [2.45, 2.75) is 6.92 Å². The molecule has 0 spiro atoms.